The van der Waals surface area contributed by atoms with Crippen LogP contribution in [-0.2, 0) is 19.5 Å². The van der Waals surface area contributed by atoms with E-state index in [-0.39, 0.29) is 6.03 Å². The Labute approximate surface area is 179 Å². The monoisotopic (exact) mass is 424 g/mol. The summed E-state index contributed by atoms with van der Waals surface area (Å²) in [6.07, 6.45) is 4.42. The minimum atomic E-state index is -0.232. The number of carbonyl (C=O) groups excluding carboxylic acids is 1. The Morgan fingerprint density at radius 2 is 1.90 bits per heavy atom. The van der Waals surface area contributed by atoms with E-state index in [0.717, 1.165) is 40.7 Å². The summed E-state index contributed by atoms with van der Waals surface area (Å²) in [6, 6.07) is 17.5. The Morgan fingerprint density at radius 3 is 2.69 bits per heavy atom. The number of fused-ring (bicyclic) bond motifs is 1. The smallest absolute Gasteiger partial charge is 0.319 e. The van der Waals surface area contributed by atoms with Crippen molar-refractivity contribution in [3.05, 3.63) is 88.7 Å². The number of amides is 2. The number of nitrogens with zero attached hydrogens (tertiary/aromatic N) is 2. The summed E-state index contributed by atoms with van der Waals surface area (Å²) < 4.78 is 2.32. The molecular weight excluding hydrogens is 404 g/mol. The van der Waals surface area contributed by atoms with Crippen molar-refractivity contribution in [2.45, 2.75) is 24.4 Å². The molecule has 2 amide bonds. The average Bonchev–Trinajstić information content (AvgIpc) is 2.75. The van der Waals surface area contributed by atoms with E-state index in [1.807, 2.05) is 48.5 Å². The molecule has 0 saturated carbocycles. The molecule has 2 N–H and O–H groups in total. The lowest BCUT2D eigenvalue weighted by molar-refractivity contribution is 0.251. The summed E-state index contributed by atoms with van der Waals surface area (Å²) in [5.41, 5.74) is 4.32. The van der Waals surface area contributed by atoms with Crippen LogP contribution in [-0.4, -0.2) is 21.9 Å². The zero-order valence-electron chi connectivity index (χ0n) is 15.8. The topological polar surface area (TPSA) is 57.3 Å². The SMILES string of the molecule is O=C(NCc1ccncc1)Nc1ccc(SN2CCc3cccc(Cl)c3C2)cc1. The molecule has 0 fully saturated rings. The molecule has 2 heterocycles. The van der Waals surface area contributed by atoms with E-state index in [4.69, 9.17) is 11.6 Å². The summed E-state index contributed by atoms with van der Waals surface area (Å²) in [5.74, 6) is 0. The third-order valence-corrected chi connectivity index (χ3v) is 6.14. The van der Waals surface area contributed by atoms with Gasteiger partial charge in [-0.25, -0.2) is 9.10 Å². The number of hydrogen-bond acceptors (Lipinski definition) is 4. The summed E-state index contributed by atoms with van der Waals surface area (Å²) in [7, 11) is 0. The standard InChI is InChI=1S/C22H21ClN4OS/c23-21-3-1-2-17-10-13-27(15-20(17)21)29-19-6-4-18(5-7-19)26-22(28)25-14-16-8-11-24-12-9-16/h1-9,11-12H,10,13-15H2,(H2,25,26,28). The van der Waals surface area contributed by atoms with Gasteiger partial charge in [-0.3, -0.25) is 4.98 Å². The highest BCUT2D eigenvalue weighted by Gasteiger charge is 2.19. The molecule has 4 rings (SSSR count). The number of halogens is 1. The van der Waals surface area contributed by atoms with E-state index < -0.39 is 0 Å². The quantitative estimate of drug-likeness (QED) is 0.558. The second-order valence-electron chi connectivity index (χ2n) is 6.77. The molecule has 148 valence electrons. The van der Waals surface area contributed by atoms with Crippen LogP contribution in [0.3, 0.4) is 0 Å². The first kappa shape index (κ1) is 19.8. The van der Waals surface area contributed by atoms with Crippen LogP contribution in [0.1, 0.15) is 16.7 Å². The number of rotatable bonds is 5. The van der Waals surface area contributed by atoms with E-state index in [0.29, 0.717) is 6.54 Å². The molecule has 1 aromatic heterocycles. The van der Waals surface area contributed by atoms with Crippen molar-refractivity contribution in [1.82, 2.24) is 14.6 Å². The number of hydrogen-bond donors (Lipinski definition) is 2. The minimum absolute atomic E-state index is 0.232. The maximum absolute atomic E-state index is 12.1. The molecule has 0 atom stereocenters. The molecule has 0 aliphatic carbocycles. The first-order valence-corrected chi connectivity index (χ1v) is 10.6. The normalized spacial score (nSPS) is 13.6. The van der Waals surface area contributed by atoms with Crippen LogP contribution in [0, 0.1) is 0 Å². The Kier molecular flexibility index (Phi) is 6.34. The summed E-state index contributed by atoms with van der Waals surface area (Å²) in [6.45, 7) is 2.27. The van der Waals surface area contributed by atoms with Crippen LogP contribution in [0.2, 0.25) is 5.02 Å². The van der Waals surface area contributed by atoms with Crippen LogP contribution in [0.15, 0.2) is 71.9 Å². The molecule has 0 radical (unpaired) electrons. The fraction of sp³-hybridized carbons (Fsp3) is 0.182. The van der Waals surface area contributed by atoms with E-state index in [1.165, 1.54) is 11.1 Å². The Bertz CT molecular complexity index is 982. The van der Waals surface area contributed by atoms with Crippen LogP contribution in [0.5, 0.6) is 0 Å². The minimum Gasteiger partial charge on any atom is -0.334 e. The third-order valence-electron chi connectivity index (χ3n) is 4.73. The molecule has 0 spiro atoms. The zero-order chi connectivity index (χ0) is 20.1. The highest BCUT2D eigenvalue weighted by molar-refractivity contribution is 7.97. The average molecular weight is 425 g/mol. The van der Waals surface area contributed by atoms with E-state index in [1.54, 1.807) is 24.3 Å². The molecule has 29 heavy (non-hydrogen) atoms. The largest absolute Gasteiger partial charge is 0.334 e. The first-order chi connectivity index (χ1) is 14.2. The molecule has 7 heteroatoms. The van der Waals surface area contributed by atoms with Crippen LogP contribution in [0.4, 0.5) is 10.5 Å². The molecule has 0 unspecified atom stereocenters. The summed E-state index contributed by atoms with van der Waals surface area (Å²) in [4.78, 5) is 17.2. The number of benzene rings is 2. The first-order valence-electron chi connectivity index (χ1n) is 9.40. The fourth-order valence-corrected chi connectivity index (χ4v) is 4.39. The fourth-order valence-electron chi connectivity index (χ4n) is 3.20. The summed E-state index contributed by atoms with van der Waals surface area (Å²) in [5, 5.41) is 6.53. The third kappa shape index (κ3) is 5.29. The molecule has 5 nitrogen and oxygen atoms in total. The Morgan fingerprint density at radius 1 is 1.10 bits per heavy atom. The second-order valence-corrected chi connectivity index (χ2v) is 8.35. The van der Waals surface area contributed by atoms with Gasteiger partial charge >= 0.3 is 6.03 Å². The molecule has 3 aromatic rings. The van der Waals surface area contributed by atoms with Crippen molar-refractivity contribution in [1.29, 1.82) is 0 Å². The van der Waals surface area contributed by atoms with Gasteiger partial charge in [-0.2, -0.15) is 0 Å². The molecule has 1 aliphatic heterocycles. The van der Waals surface area contributed by atoms with Gasteiger partial charge in [-0.05, 0) is 77.5 Å². The van der Waals surface area contributed by atoms with Crippen molar-refractivity contribution < 1.29 is 4.79 Å². The maximum atomic E-state index is 12.1. The van der Waals surface area contributed by atoms with Gasteiger partial charge in [0.05, 0.1) is 0 Å². The number of carbonyl (C=O) groups is 1. The number of nitrogens with one attached hydrogen (secondary N) is 2. The Balaban J connectivity index is 1.29. The maximum Gasteiger partial charge on any atom is 0.319 e. The summed E-state index contributed by atoms with van der Waals surface area (Å²) >= 11 is 8.07. The zero-order valence-corrected chi connectivity index (χ0v) is 17.3. The van der Waals surface area contributed by atoms with Gasteiger partial charge in [0, 0.05) is 47.6 Å². The van der Waals surface area contributed by atoms with Gasteiger partial charge in [0.1, 0.15) is 0 Å². The molecule has 0 saturated heterocycles. The van der Waals surface area contributed by atoms with Crippen LogP contribution < -0.4 is 10.6 Å². The van der Waals surface area contributed by atoms with E-state index >= 15 is 0 Å². The Hall–Kier alpha value is -2.54. The van der Waals surface area contributed by atoms with Crippen molar-refractivity contribution >= 4 is 35.3 Å². The van der Waals surface area contributed by atoms with Gasteiger partial charge in [-0.15, -0.1) is 0 Å². The number of aromatic nitrogens is 1. The lowest BCUT2D eigenvalue weighted by atomic mass is 10.0. The predicted molar refractivity (Wildman–Crippen MR) is 118 cm³/mol. The lowest BCUT2D eigenvalue weighted by Gasteiger charge is -2.28. The highest BCUT2D eigenvalue weighted by atomic mass is 35.5. The van der Waals surface area contributed by atoms with Gasteiger partial charge in [-0.1, -0.05) is 23.7 Å². The molecule has 1 aliphatic rings. The van der Waals surface area contributed by atoms with Crippen molar-refractivity contribution in [2.24, 2.45) is 0 Å². The van der Waals surface area contributed by atoms with Crippen molar-refractivity contribution in [3.8, 4) is 0 Å². The second kappa shape index (κ2) is 9.31. The number of urea groups is 1. The predicted octanol–water partition coefficient (Wildman–Crippen LogP) is 5.12. The van der Waals surface area contributed by atoms with Crippen molar-refractivity contribution in [3.63, 3.8) is 0 Å². The van der Waals surface area contributed by atoms with Gasteiger partial charge in [0.2, 0.25) is 0 Å². The molecular formula is C22H21ClN4OS. The number of anilines is 1. The molecule has 0 bridgehead atoms. The van der Waals surface area contributed by atoms with Crippen molar-refractivity contribution in [2.75, 3.05) is 11.9 Å². The lowest BCUT2D eigenvalue weighted by Crippen LogP contribution is -2.28. The van der Waals surface area contributed by atoms with Gasteiger partial charge in [0.15, 0.2) is 0 Å². The highest BCUT2D eigenvalue weighted by Crippen LogP contribution is 2.32. The van der Waals surface area contributed by atoms with Gasteiger partial charge < -0.3 is 10.6 Å². The van der Waals surface area contributed by atoms with E-state index in [2.05, 4.69) is 26.0 Å². The van der Waals surface area contributed by atoms with Crippen LogP contribution >= 0.6 is 23.5 Å². The van der Waals surface area contributed by atoms with Gasteiger partial charge in [0.25, 0.3) is 0 Å². The molecule has 2 aromatic carbocycles. The number of pyridine rings is 1. The van der Waals surface area contributed by atoms with Crippen LogP contribution in [0.25, 0.3) is 0 Å². The van der Waals surface area contributed by atoms with E-state index in [9.17, 15) is 4.79 Å².